The molecule has 0 saturated heterocycles. The number of allylic oxidation sites excluding steroid dienone is 2. The van der Waals surface area contributed by atoms with E-state index < -0.39 is 5.97 Å². The average molecular weight is 467 g/mol. The molecule has 194 valence electrons. The third-order valence-corrected chi connectivity index (χ3v) is 6.23. The first-order chi connectivity index (χ1) is 16.1. The second-order valence-electron chi connectivity index (χ2n) is 9.69. The van der Waals surface area contributed by atoms with Gasteiger partial charge < -0.3 is 9.84 Å². The molecule has 0 aromatic heterocycles. The van der Waals surface area contributed by atoms with Crippen molar-refractivity contribution < 1.29 is 19.4 Å². The predicted molar refractivity (Wildman–Crippen MR) is 140 cm³/mol. The van der Waals surface area contributed by atoms with E-state index in [1.165, 1.54) is 83.5 Å². The Kier molecular flexibility index (Phi) is 24.3. The molecule has 0 bridgehead atoms. The highest BCUT2D eigenvalue weighted by atomic mass is 16.5. The van der Waals surface area contributed by atoms with E-state index in [-0.39, 0.29) is 12.1 Å². The molecule has 1 atom stereocenters. The standard InChI is InChI=1S/C29H54O4/c1-3-4-5-6-7-8-9-14-17-20-23-26-29(32)33-27(2)24-21-18-15-12-10-11-13-16-19-22-25-28(30)31/h6-7,27H,3-5,8-26H2,1-2H3,(H,30,31)/b7-6-. The Morgan fingerprint density at radius 2 is 1.12 bits per heavy atom. The van der Waals surface area contributed by atoms with Crippen LogP contribution >= 0.6 is 0 Å². The average Bonchev–Trinajstić information content (AvgIpc) is 2.78. The van der Waals surface area contributed by atoms with E-state index in [1.54, 1.807) is 0 Å². The molecule has 0 heterocycles. The minimum Gasteiger partial charge on any atom is -0.481 e. The van der Waals surface area contributed by atoms with Crippen molar-refractivity contribution in [1.29, 1.82) is 0 Å². The Labute approximate surface area is 204 Å². The van der Waals surface area contributed by atoms with Gasteiger partial charge in [0.25, 0.3) is 0 Å². The third-order valence-electron chi connectivity index (χ3n) is 6.23. The first kappa shape index (κ1) is 31.7. The summed E-state index contributed by atoms with van der Waals surface area (Å²) >= 11 is 0. The number of carbonyl (C=O) groups excluding carboxylic acids is 1. The summed E-state index contributed by atoms with van der Waals surface area (Å²) in [5.41, 5.74) is 0. The van der Waals surface area contributed by atoms with Gasteiger partial charge in [-0.05, 0) is 51.9 Å². The molecule has 33 heavy (non-hydrogen) atoms. The Hall–Kier alpha value is -1.32. The minimum absolute atomic E-state index is 0.0234. The van der Waals surface area contributed by atoms with Crippen LogP contribution in [-0.4, -0.2) is 23.1 Å². The van der Waals surface area contributed by atoms with Gasteiger partial charge in [0.1, 0.15) is 0 Å². The van der Waals surface area contributed by atoms with E-state index in [9.17, 15) is 9.59 Å². The Bertz CT molecular complexity index is 472. The largest absolute Gasteiger partial charge is 0.481 e. The molecular formula is C29H54O4. The second-order valence-corrected chi connectivity index (χ2v) is 9.69. The molecule has 4 nitrogen and oxygen atoms in total. The second kappa shape index (κ2) is 25.3. The van der Waals surface area contributed by atoms with Crippen LogP contribution in [0.1, 0.15) is 155 Å². The van der Waals surface area contributed by atoms with Crippen molar-refractivity contribution in [3.8, 4) is 0 Å². The van der Waals surface area contributed by atoms with Crippen molar-refractivity contribution in [2.75, 3.05) is 0 Å². The zero-order valence-corrected chi connectivity index (χ0v) is 22.0. The first-order valence-electron chi connectivity index (χ1n) is 14.1. The number of rotatable bonds is 25. The van der Waals surface area contributed by atoms with E-state index in [0.717, 1.165) is 44.9 Å². The lowest BCUT2D eigenvalue weighted by atomic mass is 10.0. The number of ether oxygens (including phenoxy) is 1. The quantitative estimate of drug-likeness (QED) is 0.0827. The number of carboxylic acids is 1. The molecule has 4 heteroatoms. The molecule has 0 radical (unpaired) electrons. The van der Waals surface area contributed by atoms with Crippen LogP contribution in [-0.2, 0) is 14.3 Å². The minimum atomic E-state index is -0.679. The predicted octanol–water partition coefficient (Wildman–Crippen LogP) is 9.16. The maximum Gasteiger partial charge on any atom is 0.306 e. The van der Waals surface area contributed by atoms with Crippen LogP contribution < -0.4 is 0 Å². The fraction of sp³-hybridized carbons (Fsp3) is 0.862. The van der Waals surface area contributed by atoms with Gasteiger partial charge in [-0.1, -0.05) is 103 Å². The molecule has 0 spiro atoms. The molecule has 1 N–H and O–H groups in total. The summed E-state index contributed by atoms with van der Waals surface area (Å²) in [5, 5.41) is 8.60. The van der Waals surface area contributed by atoms with Gasteiger partial charge >= 0.3 is 11.9 Å². The topological polar surface area (TPSA) is 63.6 Å². The van der Waals surface area contributed by atoms with E-state index >= 15 is 0 Å². The fourth-order valence-electron chi connectivity index (χ4n) is 4.08. The lowest BCUT2D eigenvalue weighted by Crippen LogP contribution is -2.14. The zero-order chi connectivity index (χ0) is 24.4. The summed E-state index contributed by atoms with van der Waals surface area (Å²) in [7, 11) is 0. The van der Waals surface area contributed by atoms with Crippen LogP contribution in [0.3, 0.4) is 0 Å². The van der Waals surface area contributed by atoms with Gasteiger partial charge in [-0.15, -0.1) is 0 Å². The number of unbranched alkanes of at least 4 members (excludes halogenated alkanes) is 16. The first-order valence-corrected chi connectivity index (χ1v) is 14.1. The third kappa shape index (κ3) is 26.8. The lowest BCUT2D eigenvalue weighted by molar-refractivity contribution is -0.148. The maximum absolute atomic E-state index is 12.0. The van der Waals surface area contributed by atoms with Gasteiger partial charge in [0.15, 0.2) is 0 Å². The molecule has 0 fully saturated rings. The molecule has 1 unspecified atom stereocenters. The number of hydrogen-bond acceptors (Lipinski definition) is 3. The van der Waals surface area contributed by atoms with Gasteiger partial charge in [0.05, 0.1) is 6.10 Å². The monoisotopic (exact) mass is 466 g/mol. The molecule has 0 rings (SSSR count). The fourth-order valence-corrected chi connectivity index (χ4v) is 4.08. The lowest BCUT2D eigenvalue weighted by Gasteiger charge is -2.13. The summed E-state index contributed by atoms with van der Waals surface area (Å²) in [6.07, 6.45) is 29.0. The SMILES string of the molecule is CCCC/C=C\CCCCCCCC(=O)OC(C)CCCCCCCCCCCCC(=O)O. The van der Waals surface area contributed by atoms with Gasteiger partial charge in [0, 0.05) is 12.8 Å². The van der Waals surface area contributed by atoms with Crippen LogP contribution in [0.25, 0.3) is 0 Å². The number of hydrogen-bond donors (Lipinski definition) is 1. The number of esters is 1. The molecule has 0 aliphatic rings. The van der Waals surface area contributed by atoms with Crippen molar-refractivity contribution in [2.45, 2.75) is 161 Å². The van der Waals surface area contributed by atoms with Gasteiger partial charge in [-0.25, -0.2) is 0 Å². The highest BCUT2D eigenvalue weighted by molar-refractivity contribution is 5.69. The molecule has 0 aromatic rings. The van der Waals surface area contributed by atoms with Crippen LogP contribution in [0.2, 0.25) is 0 Å². The van der Waals surface area contributed by atoms with Crippen LogP contribution in [0, 0.1) is 0 Å². The summed E-state index contributed by atoms with van der Waals surface area (Å²) in [5.74, 6) is -0.702. The van der Waals surface area contributed by atoms with Crippen molar-refractivity contribution in [3.63, 3.8) is 0 Å². The normalized spacial score (nSPS) is 12.3. The molecular weight excluding hydrogens is 412 g/mol. The van der Waals surface area contributed by atoms with Gasteiger partial charge in [-0.2, -0.15) is 0 Å². The molecule has 0 aliphatic carbocycles. The Morgan fingerprint density at radius 1 is 0.667 bits per heavy atom. The molecule has 0 amide bonds. The van der Waals surface area contributed by atoms with E-state index in [0.29, 0.717) is 12.8 Å². The van der Waals surface area contributed by atoms with E-state index in [4.69, 9.17) is 9.84 Å². The van der Waals surface area contributed by atoms with Crippen LogP contribution in [0.5, 0.6) is 0 Å². The summed E-state index contributed by atoms with van der Waals surface area (Å²) in [6, 6.07) is 0. The smallest absolute Gasteiger partial charge is 0.306 e. The van der Waals surface area contributed by atoms with E-state index in [1.807, 2.05) is 6.92 Å². The Balaban J connectivity index is 3.35. The van der Waals surface area contributed by atoms with Crippen molar-refractivity contribution in [3.05, 3.63) is 12.2 Å². The number of carbonyl (C=O) groups is 2. The van der Waals surface area contributed by atoms with Crippen LogP contribution in [0.4, 0.5) is 0 Å². The highest BCUT2D eigenvalue weighted by Gasteiger charge is 2.09. The van der Waals surface area contributed by atoms with Crippen molar-refractivity contribution >= 4 is 11.9 Å². The molecule has 0 aliphatic heterocycles. The van der Waals surface area contributed by atoms with Crippen LogP contribution in [0.15, 0.2) is 12.2 Å². The zero-order valence-electron chi connectivity index (χ0n) is 22.0. The van der Waals surface area contributed by atoms with Crippen molar-refractivity contribution in [2.24, 2.45) is 0 Å². The summed E-state index contributed by atoms with van der Waals surface area (Å²) in [4.78, 5) is 22.4. The number of carboxylic acid groups (broad SMARTS) is 1. The van der Waals surface area contributed by atoms with Crippen molar-refractivity contribution in [1.82, 2.24) is 0 Å². The summed E-state index contributed by atoms with van der Waals surface area (Å²) < 4.78 is 5.56. The van der Waals surface area contributed by atoms with Gasteiger partial charge in [0.2, 0.25) is 0 Å². The summed E-state index contributed by atoms with van der Waals surface area (Å²) in [6.45, 7) is 4.25. The Morgan fingerprint density at radius 3 is 1.67 bits per heavy atom. The maximum atomic E-state index is 12.0. The van der Waals surface area contributed by atoms with Gasteiger partial charge in [-0.3, -0.25) is 9.59 Å². The highest BCUT2D eigenvalue weighted by Crippen LogP contribution is 2.14. The number of aliphatic carboxylic acids is 1. The molecule has 0 aromatic carbocycles. The molecule has 0 saturated carbocycles. The van der Waals surface area contributed by atoms with E-state index in [2.05, 4.69) is 19.1 Å².